The Hall–Kier alpha value is -2.90. The van der Waals surface area contributed by atoms with Gasteiger partial charge in [0.25, 0.3) is 5.91 Å². The summed E-state index contributed by atoms with van der Waals surface area (Å²) in [7, 11) is -3.79. The number of benzene rings is 1. The minimum Gasteiger partial charge on any atom is -0.505 e. The lowest BCUT2D eigenvalue weighted by atomic mass is 10.1. The quantitative estimate of drug-likeness (QED) is 0.290. The number of halogens is 2. The van der Waals surface area contributed by atoms with Crippen LogP contribution in [0.2, 0.25) is 10.0 Å². The third-order valence-corrected chi connectivity index (χ3v) is 6.59. The average Bonchev–Trinajstić information content (AvgIpc) is 3.24. The number of carbonyl (C=O) groups excluding carboxylic acids is 4. The van der Waals surface area contributed by atoms with Crippen LogP contribution in [0.3, 0.4) is 0 Å². The number of aldehydes is 1. The Morgan fingerprint density at radius 3 is 2.31 bits per heavy atom. The molecule has 1 fully saturated rings. The van der Waals surface area contributed by atoms with Crippen LogP contribution < -0.4 is 10.6 Å². The number of hydrogen-bond donors (Lipinski definition) is 4. The molecule has 12 nitrogen and oxygen atoms in total. The van der Waals surface area contributed by atoms with Gasteiger partial charge < -0.3 is 30.5 Å². The van der Waals surface area contributed by atoms with Crippen molar-refractivity contribution in [2.24, 2.45) is 0 Å². The number of nitrogens with one attached hydrogen (secondary N) is 2. The first-order valence-corrected chi connectivity index (χ1v) is 13.0. The van der Waals surface area contributed by atoms with Gasteiger partial charge in [-0.15, -0.1) is 0 Å². The third-order valence-electron chi connectivity index (χ3n) is 5.08. The van der Waals surface area contributed by atoms with Crippen LogP contribution in [0.4, 0.5) is 0 Å². The molecule has 1 heterocycles. The Balaban J connectivity index is 2.26. The normalized spacial score (nSPS) is 17.3. The minimum atomic E-state index is -3.79. The van der Waals surface area contributed by atoms with Gasteiger partial charge in [-0.05, 0) is 25.0 Å². The van der Waals surface area contributed by atoms with Crippen molar-refractivity contribution >= 4 is 63.0 Å². The predicted molar refractivity (Wildman–Crippen MR) is 124 cm³/mol. The van der Waals surface area contributed by atoms with E-state index in [1.807, 2.05) is 0 Å². The minimum absolute atomic E-state index is 0.0641. The fourth-order valence-electron chi connectivity index (χ4n) is 3.52. The van der Waals surface area contributed by atoms with E-state index in [1.165, 1.54) is 0 Å². The van der Waals surface area contributed by atoms with Gasteiger partial charge in [-0.3, -0.25) is 19.2 Å². The standard InChI is InChI=1S/C20H23Cl2N3O9S/c1-35(33,34)9-14(24-18(30)10-5-12(21)17(29)13(22)6-10)20(32)25-4-2-3-15(25)19(31)23-11(8-26)7-16(27)28/h5-6,8,11,14-15,29H,2-4,7,9H2,1H3,(H,23,31)(H,24,30)(H,27,28). The summed E-state index contributed by atoms with van der Waals surface area (Å²) in [6.07, 6.45) is 1.02. The zero-order chi connectivity index (χ0) is 26.5. The fourth-order valence-corrected chi connectivity index (χ4v) is 4.84. The van der Waals surface area contributed by atoms with E-state index in [-0.39, 0.29) is 34.9 Å². The molecule has 1 saturated heterocycles. The van der Waals surface area contributed by atoms with Crippen LogP contribution in [0.25, 0.3) is 0 Å². The second-order valence-corrected chi connectivity index (χ2v) is 10.9. The SMILES string of the molecule is CS(=O)(=O)CC(NC(=O)c1cc(Cl)c(O)c(Cl)c1)C(=O)N1CCCC1C(=O)NC(C=O)CC(=O)O. The molecule has 0 bridgehead atoms. The van der Waals surface area contributed by atoms with Gasteiger partial charge in [0.1, 0.15) is 28.2 Å². The molecule has 192 valence electrons. The first-order chi connectivity index (χ1) is 16.2. The van der Waals surface area contributed by atoms with Crippen LogP contribution >= 0.6 is 23.2 Å². The number of aromatic hydroxyl groups is 1. The molecule has 4 N–H and O–H groups in total. The highest BCUT2D eigenvalue weighted by Gasteiger charge is 2.39. The summed E-state index contributed by atoms with van der Waals surface area (Å²) in [6, 6.07) is -1.84. The zero-order valence-electron chi connectivity index (χ0n) is 18.4. The lowest BCUT2D eigenvalue weighted by molar-refractivity contribution is -0.141. The highest BCUT2D eigenvalue weighted by molar-refractivity contribution is 7.90. The number of phenolic OH excluding ortho intramolecular Hbond substituents is 1. The number of nitrogens with zero attached hydrogens (tertiary/aromatic N) is 1. The second kappa shape index (κ2) is 11.7. The molecular weight excluding hydrogens is 529 g/mol. The summed E-state index contributed by atoms with van der Waals surface area (Å²) in [5.41, 5.74) is -0.151. The number of carboxylic acids is 1. The van der Waals surface area contributed by atoms with Gasteiger partial charge >= 0.3 is 5.97 Å². The van der Waals surface area contributed by atoms with Gasteiger partial charge in [-0.1, -0.05) is 23.2 Å². The first kappa shape index (κ1) is 28.3. The number of aliphatic carboxylic acids is 1. The molecule has 0 aliphatic carbocycles. The number of carbonyl (C=O) groups is 5. The maximum atomic E-state index is 13.2. The maximum Gasteiger partial charge on any atom is 0.305 e. The number of likely N-dealkylation sites (tertiary alicyclic amines) is 1. The van der Waals surface area contributed by atoms with E-state index in [9.17, 15) is 37.5 Å². The van der Waals surface area contributed by atoms with E-state index >= 15 is 0 Å². The van der Waals surface area contributed by atoms with E-state index in [4.69, 9.17) is 28.3 Å². The molecule has 0 radical (unpaired) electrons. The van der Waals surface area contributed by atoms with Crippen LogP contribution in [0, 0.1) is 0 Å². The highest BCUT2D eigenvalue weighted by Crippen LogP contribution is 2.32. The Kier molecular flexibility index (Phi) is 9.46. The van der Waals surface area contributed by atoms with E-state index in [1.54, 1.807) is 0 Å². The van der Waals surface area contributed by atoms with Gasteiger partial charge in [0.05, 0.1) is 28.3 Å². The first-order valence-electron chi connectivity index (χ1n) is 10.2. The Labute approximate surface area is 210 Å². The summed E-state index contributed by atoms with van der Waals surface area (Å²) in [4.78, 5) is 61.6. The van der Waals surface area contributed by atoms with Crippen LogP contribution in [-0.4, -0.2) is 90.2 Å². The summed E-state index contributed by atoms with van der Waals surface area (Å²) in [6.45, 7) is 0.0641. The molecule has 3 unspecified atom stereocenters. The van der Waals surface area contributed by atoms with E-state index in [0.717, 1.165) is 23.3 Å². The lowest BCUT2D eigenvalue weighted by Gasteiger charge is -2.29. The maximum absolute atomic E-state index is 13.2. The zero-order valence-corrected chi connectivity index (χ0v) is 20.7. The summed E-state index contributed by atoms with van der Waals surface area (Å²) in [5.74, 6) is -5.10. The molecule has 3 atom stereocenters. The Bertz CT molecular complexity index is 1120. The molecule has 1 aliphatic rings. The van der Waals surface area contributed by atoms with Crippen LogP contribution in [0.1, 0.15) is 29.6 Å². The van der Waals surface area contributed by atoms with Crippen molar-refractivity contribution in [3.05, 3.63) is 27.7 Å². The molecule has 2 rings (SSSR count). The molecule has 1 aliphatic heterocycles. The van der Waals surface area contributed by atoms with E-state index in [2.05, 4.69) is 10.6 Å². The molecule has 15 heteroatoms. The predicted octanol–water partition coefficient (Wildman–Crippen LogP) is -0.00860. The van der Waals surface area contributed by atoms with Crippen LogP contribution in [-0.2, 0) is 29.0 Å². The van der Waals surface area contributed by atoms with Gasteiger partial charge in [-0.2, -0.15) is 0 Å². The summed E-state index contributed by atoms with van der Waals surface area (Å²) in [5, 5.41) is 22.6. The molecule has 35 heavy (non-hydrogen) atoms. The molecule has 1 aromatic carbocycles. The number of sulfone groups is 1. The van der Waals surface area contributed by atoms with Crippen molar-refractivity contribution in [2.45, 2.75) is 37.4 Å². The van der Waals surface area contributed by atoms with Crippen molar-refractivity contribution in [1.82, 2.24) is 15.5 Å². The number of hydrogen-bond acceptors (Lipinski definition) is 8. The second-order valence-electron chi connectivity index (χ2n) is 7.95. The number of rotatable bonds is 10. The summed E-state index contributed by atoms with van der Waals surface area (Å²) < 4.78 is 23.9. The van der Waals surface area contributed by atoms with Crippen molar-refractivity contribution in [3.63, 3.8) is 0 Å². The lowest BCUT2D eigenvalue weighted by Crippen LogP contribution is -2.56. The van der Waals surface area contributed by atoms with Gasteiger partial charge in [0.2, 0.25) is 11.8 Å². The monoisotopic (exact) mass is 551 g/mol. The Morgan fingerprint density at radius 2 is 1.80 bits per heavy atom. The van der Waals surface area contributed by atoms with Gasteiger partial charge in [-0.25, -0.2) is 8.42 Å². The van der Waals surface area contributed by atoms with Crippen molar-refractivity contribution in [2.75, 3.05) is 18.6 Å². The summed E-state index contributed by atoms with van der Waals surface area (Å²) >= 11 is 11.6. The highest BCUT2D eigenvalue weighted by atomic mass is 35.5. The van der Waals surface area contributed by atoms with Crippen LogP contribution in [0.5, 0.6) is 5.75 Å². The Morgan fingerprint density at radius 1 is 1.20 bits per heavy atom. The largest absolute Gasteiger partial charge is 0.505 e. The third kappa shape index (κ3) is 7.80. The van der Waals surface area contributed by atoms with Crippen molar-refractivity contribution in [3.8, 4) is 5.75 Å². The van der Waals surface area contributed by atoms with E-state index < -0.39 is 69.6 Å². The van der Waals surface area contributed by atoms with Crippen molar-refractivity contribution < 1.29 is 42.6 Å². The van der Waals surface area contributed by atoms with Gasteiger partial charge in [0, 0.05) is 18.4 Å². The number of carboxylic acid groups (broad SMARTS) is 1. The number of amides is 3. The van der Waals surface area contributed by atoms with Crippen molar-refractivity contribution in [1.29, 1.82) is 0 Å². The van der Waals surface area contributed by atoms with Gasteiger partial charge in [0.15, 0.2) is 5.75 Å². The molecule has 3 amide bonds. The topological polar surface area (TPSA) is 187 Å². The molecular formula is C20H23Cl2N3O9S. The average molecular weight is 552 g/mol. The molecule has 1 aromatic rings. The fraction of sp³-hybridized carbons (Fsp3) is 0.450. The van der Waals surface area contributed by atoms with Crippen LogP contribution in [0.15, 0.2) is 12.1 Å². The van der Waals surface area contributed by atoms with E-state index in [0.29, 0.717) is 6.42 Å². The smallest absolute Gasteiger partial charge is 0.305 e. The molecule has 0 aromatic heterocycles. The molecule has 0 saturated carbocycles. The number of phenols is 1. The molecule has 0 spiro atoms.